The van der Waals surface area contributed by atoms with Crippen molar-refractivity contribution in [2.75, 3.05) is 19.6 Å². The third kappa shape index (κ3) is 2.55. The zero-order valence-corrected chi connectivity index (χ0v) is 9.10. The number of nitrogens with two attached hydrogens (primary N) is 1. The van der Waals surface area contributed by atoms with E-state index in [2.05, 4.69) is 22.0 Å². The quantitative estimate of drug-likeness (QED) is 0.811. The van der Waals surface area contributed by atoms with Gasteiger partial charge >= 0.3 is 0 Å². The topological polar surface area (TPSA) is 42.1 Å². The third-order valence-corrected chi connectivity index (χ3v) is 3.11. The summed E-state index contributed by atoms with van der Waals surface area (Å²) in [4.78, 5) is 6.61. The van der Waals surface area contributed by atoms with Crippen LogP contribution in [0, 0.1) is 0 Å². The van der Waals surface area contributed by atoms with Crippen molar-refractivity contribution >= 4 is 0 Å². The van der Waals surface area contributed by atoms with Crippen molar-refractivity contribution in [3.05, 3.63) is 30.1 Å². The fourth-order valence-corrected chi connectivity index (χ4v) is 2.36. The highest BCUT2D eigenvalue weighted by atomic mass is 15.2. The van der Waals surface area contributed by atoms with Gasteiger partial charge in [0, 0.05) is 18.4 Å². The Kier molecular flexibility index (Phi) is 3.69. The van der Waals surface area contributed by atoms with E-state index in [1.165, 1.54) is 31.5 Å². The van der Waals surface area contributed by atoms with Crippen LogP contribution in [-0.2, 0) is 0 Å². The molecule has 0 spiro atoms. The van der Waals surface area contributed by atoms with E-state index >= 15 is 0 Å². The molecular formula is C12H19N3. The van der Waals surface area contributed by atoms with Crippen molar-refractivity contribution in [3.8, 4) is 0 Å². The lowest BCUT2D eigenvalue weighted by molar-refractivity contribution is 0.236. The van der Waals surface area contributed by atoms with Gasteiger partial charge in [-0.2, -0.15) is 0 Å². The van der Waals surface area contributed by atoms with Gasteiger partial charge in [0.2, 0.25) is 0 Å². The molecule has 1 unspecified atom stereocenters. The van der Waals surface area contributed by atoms with E-state index in [-0.39, 0.29) is 0 Å². The molecule has 0 aromatic carbocycles. The van der Waals surface area contributed by atoms with Gasteiger partial charge in [-0.3, -0.25) is 9.88 Å². The molecule has 2 rings (SSSR count). The number of aromatic nitrogens is 1. The fraction of sp³-hybridized carbons (Fsp3) is 0.583. The Labute approximate surface area is 91.3 Å². The van der Waals surface area contributed by atoms with Crippen LogP contribution in [-0.4, -0.2) is 29.5 Å². The largest absolute Gasteiger partial charge is 0.330 e. The molecule has 1 fully saturated rings. The normalized spacial score (nSPS) is 19.3. The number of rotatable bonds is 4. The molecule has 2 N–H and O–H groups in total. The maximum atomic E-state index is 5.69. The first-order valence-corrected chi connectivity index (χ1v) is 5.76. The van der Waals surface area contributed by atoms with Crippen molar-refractivity contribution in [3.63, 3.8) is 0 Å². The van der Waals surface area contributed by atoms with E-state index in [4.69, 9.17) is 5.73 Å². The van der Waals surface area contributed by atoms with Crippen molar-refractivity contribution in [2.24, 2.45) is 5.73 Å². The SMILES string of the molecule is NCCC(c1ccncc1)N1CCCC1. The second-order valence-electron chi connectivity index (χ2n) is 4.12. The summed E-state index contributed by atoms with van der Waals surface area (Å²) >= 11 is 0. The molecular weight excluding hydrogens is 186 g/mol. The Balaban J connectivity index is 2.11. The van der Waals surface area contributed by atoms with Crippen molar-refractivity contribution < 1.29 is 0 Å². The van der Waals surface area contributed by atoms with E-state index in [0.717, 1.165) is 13.0 Å². The van der Waals surface area contributed by atoms with Gasteiger partial charge in [-0.15, -0.1) is 0 Å². The van der Waals surface area contributed by atoms with Gasteiger partial charge in [0.1, 0.15) is 0 Å². The van der Waals surface area contributed by atoms with Crippen LogP contribution in [0.5, 0.6) is 0 Å². The van der Waals surface area contributed by atoms with Crippen LogP contribution in [0.15, 0.2) is 24.5 Å². The summed E-state index contributed by atoms with van der Waals surface area (Å²) in [5, 5.41) is 0. The van der Waals surface area contributed by atoms with Gasteiger partial charge in [0.05, 0.1) is 0 Å². The Morgan fingerprint density at radius 1 is 1.27 bits per heavy atom. The maximum absolute atomic E-state index is 5.69. The zero-order valence-electron chi connectivity index (χ0n) is 9.10. The van der Waals surface area contributed by atoms with Gasteiger partial charge in [-0.1, -0.05) is 0 Å². The molecule has 0 bridgehead atoms. The Morgan fingerprint density at radius 3 is 2.53 bits per heavy atom. The van der Waals surface area contributed by atoms with Crippen LogP contribution >= 0.6 is 0 Å². The minimum Gasteiger partial charge on any atom is -0.330 e. The standard InChI is InChI=1S/C12H19N3/c13-6-3-12(15-9-1-2-10-15)11-4-7-14-8-5-11/h4-5,7-8,12H,1-3,6,9-10,13H2. The minimum absolute atomic E-state index is 0.500. The lowest BCUT2D eigenvalue weighted by Gasteiger charge is -2.27. The van der Waals surface area contributed by atoms with E-state index < -0.39 is 0 Å². The van der Waals surface area contributed by atoms with Gasteiger partial charge in [0.25, 0.3) is 0 Å². The Bertz CT molecular complexity index is 280. The molecule has 0 aliphatic carbocycles. The Hall–Kier alpha value is -0.930. The summed E-state index contributed by atoms with van der Waals surface area (Å²) in [6.07, 6.45) is 7.44. The first kappa shape index (κ1) is 10.6. The molecule has 82 valence electrons. The van der Waals surface area contributed by atoms with Crippen molar-refractivity contribution in [1.82, 2.24) is 9.88 Å². The average Bonchev–Trinajstić information content (AvgIpc) is 2.80. The average molecular weight is 205 g/mol. The molecule has 0 amide bonds. The smallest absolute Gasteiger partial charge is 0.0361 e. The summed E-state index contributed by atoms with van der Waals surface area (Å²) in [7, 11) is 0. The molecule has 2 heterocycles. The van der Waals surface area contributed by atoms with Crippen LogP contribution in [0.2, 0.25) is 0 Å². The highest BCUT2D eigenvalue weighted by molar-refractivity contribution is 5.15. The number of pyridine rings is 1. The highest BCUT2D eigenvalue weighted by Crippen LogP contribution is 2.26. The Morgan fingerprint density at radius 2 is 1.93 bits per heavy atom. The molecule has 1 aliphatic heterocycles. The van der Waals surface area contributed by atoms with Crippen LogP contribution in [0.4, 0.5) is 0 Å². The molecule has 1 atom stereocenters. The first-order valence-electron chi connectivity index (χ1n) is 5.76. The van der Waals surface area contributed by atoms with Gasteiger partial charge < -0.3 is 5.73 Å². The molecule has 0 saturated carbocycles. The number of likely N-dealkylation sites (tertiary alicyclic amines) is 1. The number of nitrogens with zero attached hydrogens (tertiary/aromatic N) is 2. The number of hydrogen-bond acceptors (Lipinski definition) is 3. The highest BCUT2D eigenvalue weighted by Gasteiger charge is 2.22. The lowest BCUT2D eigenvalue weighted by atomic mass is 10.0. The molecule has 0 radical (unpaired) electrons. The van der Waals surface area contributed by atoms with Crippen LogP contribution in [0.25, 0.3) is 0 Å². The van der Waals surface area contributed by atoms with Crippen LogP contribution in [0.1, 0.15) is 30.9 Å². The van der Waals surface area contributed by atoms with E-state index in [1.54, 1.807) is 0 Å². The van der Waals surface area contributed by atoms with Gasteiger partial charge in [-0.05, 0) is 56.6 Å². The molecule has 1 aliphatic rings. The lowest BCUT2D eigenvalue weighted by Crippen LogP contribution is -2.27. The van der Waals surface area contributed by atoms with Crippen molar-refractivity contribution in [2.45, 2.75) is 25.3 Å². The first-order chi connectivity index (χ1) is 7.42. The summed E-state index contributed by atoms with van der Waals surface area (Å²) in [6.45, 7) is 3.18. The molecule has 1 saturated heterocycles. The fourth-order valence-electron chi connectivity index (χ4n) is 2.36. The predicted molar refractivity (Wildman–Crippen MR) is 61.5 cm³/mol. The second kappa shape index (κ2) is 5.24. The van der Waals surface area contributed by atoms with Gasteiger partial charge in [0.15, 0.2) is 0 Å². The molecule has 3 nitrogen and oxygen atoms in total. The molecule has 1 aromatic heterocycles. The summed E-state index contributed by atoms with van der Waals surface area (Å²) in [6, 6.07) is 4.72. The summed E-state index contributed by atoms with van der Waals surface area (Å²) in [5.41, 5.74) is 7.05. The van der Waals surface area contributed by atoms with E-state index in [0.29, 0.717) is 6.04 Å². The summed E-state index contributed by atoms with van der Waals surface area (Å²) in [5.74, 6) is 0. The molecule has 3 heteroatoms. The number of hydrogen-bond donors (Lipinski definition) is 1. The summed E-state index contributed by atoms with van der Waals surface area (Å²) < 4.78 is 0. The molecule has 1 aromatic rings. The monoisotopic (exact) mass is 205 g/mol. The van der Waals surface area contributed by atoms with Crippen LogP contribution in [0.3, 0.4) is 0 Å². The van der Waals surface area contributed by atoms with Crippen molar-refractivity contribution in [1.29, 1.82) is 0 Å². The third-order valence-electron chi connectivity index (χ3n) is 3.11. The van der Waals surface area contributed by atoms with E-state index in [9.17, 15) is 0 Å². The predicted octanol–water partition coefficient (Wildman–Crippen LogP) is 1.57. The molecule has 15 heavy (non-hydrogen) atoms. The zero-order chi connectivity index (χ0) is 10.5. The van der Waals surface area contributed by atoms with Crippen LogP contribution < -0.4 is 5.73 Å². The minimum atomic E-state index is 0.500. The van der Waals surface area contributed by atoms with Gasteiger partial charge in [-0.25, -0.2) is 0 Å². The van der Waals surface area contributed by atoms with E-state index in [1.807, 2.05) is 12.4 Å². The second-order valence-corrected chi connectivity index (χ2v) is 4.12. The maximum Gasteiger partial charge on any atom is 0.0361 e.